The Hall–Kier alpha value is -2.69. The number of thiazole rings is 1. The van der Waals surface area contributed by atoms with Gasteiger partial charge in [-0.25, -0.2) is 8.42 Å². The topological polar surface area (TPSA) is 90.2 Å². The van der Waals surface area contributed by atoms with E-state index in [4.69, 9.17) is 9.47 Å². The molecule has 2 aliphatic rings. The zero-order chi connectivity index (χ0) is 24.0. The van der Waals surface area contributed by atoms with E-state index in [-0.39, 0.29) is 4.90 Å². The van der Waals surface area contributed by atoms with Gasteiger partial charge in [0.15, 0.2) is 16.3 Å². The van der Waals surface area contributed by atoms with E-state index < -0.39 is 15.9 Å². The number of nitrogens with zero attached hydrogens (tertiary/aromatic N) is 3. The van der Waals surface area contributed by atoms with Crippen LogP contribution in [0, 0.1) is 11.8 Å². The molecule has 0 N–H and O–H groups in total. The van der Waals surface area contributed by atoms with Gasteiger partial charge >= 0.3 is 0 Å². The van der Waals surface area contributed by atoms with E-state index in [1.54, 1.807) is 4.31 Å². The van der Waals surface area contributed by atoms with Gasteiger partial charge < -0.3 is 14.0 Å². The molecule has 1 fully saturated rings. The quantitative estimate of drug-likeness (QED) is 0.549. The van der Waals surface area contributed by atoms with Gasteiger partial charge in [-0.1, -0.05) is 25.2 Å². The van der Waals surface area contributed by atoms with Crippen molar-refractivity contribution < 1.29 is 22.7 Å². The van der Waals surface area contributed by atoms with E-state index >= 15 is 0 Å². The Balaban J connectivity index is 1.41. The fourth-order valence-electron chi connectivity index (χ4n) is 4.64. The van der Waals surface area contributed by atoms with Crippen molar-refractivity contribution in [2.24, 2.45) is 23.9 Å². The van der Waals surface area contributed by atoms with Gasteiger partial charge in [-0.15, -0.1) is 0 Å². The predicted octanol–water partition coefficient (Wildman–Crippen LogP) is 3.42. The highest BCUT2D eigenvalue weighted by Gasteiger charge is 2.31. The maximum atomic E-state index is 13.1. The number of aryl methyl sites for hydroxylation is 1. The molecule has 1 amide bonds. The standard InChI is InChI=1S/C24H27N3O5S2/c1-15-10-16(2)14-27(13-15)34(29,30)18-6-4-17(5-7-18)23(28)25-24-26(3)19-11-20-21(12-22(19)33-24)32-9-8-31-20/h4-7,11-12,15-16H,8-10,13-14H2,1-3H3. The molecule has 0 spiro atoms. The first-order valence-corrected chi connectivity index (χ1v) is 13.6. The molecule has 0 saturated carbocycles. The molecule has 3 aromatic rings. The lowest BCUT2D eigenvalue weighted by Crippen LogP contribution is -2.42. The first-order valence-electron chi connectivity index (χ1n) is 11.3. The second kappa shape index (κ2) is 8.83. The van der Waals surface area contributed by atoms with Crippen LogP contribution in [0.2, 0.25) is 0 Å². The molecular weight excluding hydrogens is 474 g/mol. The third-order valence-electron chi connectivity index (χ3n) is 6.24. The van der Waals surface area contributed by atoms with Crippen molar-refractivity contribution in [3.8, 4) is 11.5 Å². The summed E-state index contributed by atoms with van der Waals surface area (Å²) in [5.41, 5.74) is 1.23. The van der Waals surface area contributed by atoms with Crippen molar-refractivity contribution in [1.82, 2.24) is 8.87 Å². The summed E-state index contributed by atoms with van der Waals surface area (Å²) in [6, 6.07) is 9.85. The van der Waals surface area contributed by atoms with Gasteiger partial charge in [-0.2, -0.15) is 9.30 Å². The van der Waals surface area contributed by atoms with E-state index in [2.05, 4.69) is 18.8 Å². The monoisotopic (exact) mass is 501 g/mol. The van der Waals surface area contributed by atoms with Gasteiger partial charge in [0.2, 0.25) is 10.0 Å². The molecule has 0 bridgehead atoms. The van der Waals surface area contributed by atoms with E-state index in [0.29, 0.717) is 60.0 Å². The van der Waals surface area contributed by atoms with Crippen LogP contribution in [-0.4, -0.2) is 49.5 Å². The SMILES string of the molecule is CC1CC(C)CN(S(=O)(=O)c2ccc(C(=O)N=c3sc4cc5c(cc4n3C)OCCO5)cc2)C1. The van der Waals surface area contributed by atoms with Crippen LogP contribution in [0.5, 0.6) is 11.5 Å². The van der Waals surface area contributed by atoms with Gasteiger partial charge in [0.1, 0.15) is 13.2 Å². The molecule has 10 heteroatoms. The highest BCUT2D eigenvalue weighted by Crippen LogP contribution is 2.35. The number of hydrogen-bond acceptors (Lipinski definition) is 6. The molecule has 2 aromatic carbocycles. The molecule has 3 heterocycles. The lowest BCUT2D eigenvalue weighted by Gasteiger charge is -2.34. The highest BCUT2D eigenvalue weighted by molar-refractivity contribution is 7.89. The van der Waals surface area contributed by atoms with Crippen LogP contribution < -0.4 is 14.3 Å². The maximum absolute atomic E-state index is 13.1. The number of hydrogen-bond donors (Lipinski definition) is 0. The average molecular weight is 502 g/mol. The van der Waals surface area contributed by atoms with Crippen LogP contribution in [-0.2, 0) is 17.1 Å². The fraction of sp³-hybridized carbons (Fsp3) is 0.417. The first kappa shape index (κ1) is 23.1. The Morgan fingerprint density at radius 1 is 1.03 bits per heavy atom. The van der Waals surface area contributed by atoms with E-state index in [0.717, 1.165) is 16.6 Å². The smallest absolute Gasteiger partial charge is 0.279 e. The minimum atomic E-state index is -3.60. The van der Waals surface area contributed by atoms with E-state index in [1.165, 1.54) is 35.6 Å². The third kappa shape index (κ3) is 4.25. The van der Waals surface area contributed by atoms with Crippen molar-refractivity contribution in [2.45, 2.75) is 25.2 Å². The summed E-state index contributed by atoms with van der Waals surface area (Å²) < 4.78 is 41.8. The summed E-state index contributed by atoms with van der Waals surface area (Å²) in [5.74, 6) is 1.59. The Labute approximate surface area is 202 Å². The molecule has 8 nitrogen and oxygen atoms in total. The number of carbonyl (C=O) groups is 1. The van der Waals surface area contributed by atoms with Gasteiger partial charge in [-0.3, -0.25) is 4.79 Å². The van der Waals surface area contributed by atoms with Crippen LogP contribution in [0.4, 0.5) is 0 Å². The van der Waals surface area contributed by atoms with Crippen molar-refractivity contribution in [3.63, 3.8) is 0 Å². The Morgan fingerprint density at radius 3 is 2.29 bits per heavy atom. The van der Waals surface area contributed by atoms with Crippen LogP contribution in [0.15, 0.2) is 46.3 Å². The van der Waals surface area contributed by atoms with Crippen molar-refractivity contribution in [3.05, 3.63) is 46.8 Å². The Kier molecular flexibility index (Phi) is 5.99. The van der Waals surface area contributed by atoms with Crippen LogP contribution >= 0.6 is 11.3 Å². The van der Waals surface area contributed by atoms with E-state index in [9.17, 15) is 13.2 Å². The maximum Gasteiger partial charge on any atom is 0.279 e. The van der Waals surface area contributed by atoms with Gasteiger partial charge in [0.05, 0.1) is 15.1 Å². The first-order chi connectivity index (χ1) is 16.2. The summed E-state index contributed by atoms with van der Waals surface area (Å²) >= 11 is 1.38. The molecule has 0 radical (unpaired) electrons. The van der Waals surface area contributed by atoms with Crippen molar-refractivity contribution >= 4 is 37.5 Å². The zero-order valence-electron chi connectivity index (χ0n) is 19.4. The van der Waals surface area contributed by atoms with Crippen LogP contribution in [0.25, 0.3) is 10.2 Å². The molecule has 2 atom stereocenters. The number of aromatic nitrogens is 1. The van der Waals surface area contributed by atoms with E-state index in [1.807, 2.05) is 23.7 Å². The second-order valence-corrected chi connectivity index (χ2v) is 12.1. The Morgan fingerprint density at radius 2 is 1.65 bits per heavy atom. The van der Waals surface area contributed by atoms with Gasteiger partial charge in [-0.05, 0) is 42.5 Å². The van der Waals surface area contributed by atoms with Gasteiger partial charge in [0.25, 0.3) is 5.91 Å². The summed E-state index contributed by atoms with van der Waals surface area (Å²) in [5, 5.41) is 0. The lowest BCUT2D eigenvalue weighted by molar-refractivity contribution is 0.0998. The van der Waals surface area contributed by atoms with Crippen LogP contribution in [0.3, 0.4) is 0 Å². The van der Waals surface area contributed by atoms with Crippen LogP contribution in [0.1, 0.15) is 30.6 Å². The molecule has 2 aliphatic heterocycles. The second-order valence-electron chi connectivity index (χ2n) is 9.12. The molecule has 5 rings (SSSR count). The van der Waals surface area contributed by atoms with Crippen molar-refractivity contribution in [2.75, 3.05) is 26.3 Å². The highest BCUT2D eigenvalue weighted by atomic mass is 32.2. The molecule has 1 saturated heterocycles. The minimum Gasteiger partial charge on any atom is -0.486 e. The third-order valence-corrected chi connectivity index (χ3v) is 9.19. The zero-order valence-corrected chi connectivity index (χ0v) is 21.0. The number of sulfonamides is 1. The fourth-order valence-corrected chi connectivity index (χ4v) is 7.35. The molecule has 1 aromatic heterocycles. The molecule has 2 unspecified atom stereocenters. The number of benzene rings is 2. The number of rotatable bonds is 3. The molecule has 34 heavy (non-hydrogen) atoms. The lowest BCUT2D eigenvalue weighted by atomic mass is 9.94. The number of amides is 1. The molecular formula is C24H27N3O5S2. The number of ether oxygens (including phenoxy) is 2. The van der Waals surface area contributed by atoms with Gasteiger partial charge in [0, 0.05) is 37.8 Å². The normalized spacial score (nSPS) is 21.7. The van der Waals surface area contributed by atoms with Crippen molar-refractivity contribution in [1.29, 1.82) is 0 Å². The minimum absolute atomic E-state index is 0.198. The number of carbonyl (C=O) groups excluding carboxylic acids is 1. The summed E-state index contributed by atoms with van der Waals surface area (Å²) in [6.07, 6.45) is 1.03. The average Bonchev–Trinajstić information content (AvgIpc) is 3.11. The summed E-state index contributed by atoms with van der Waals surface area (Å²) in [4.78, 5) is 17.9. The molecule has 180 valence electrons. The summed E-state index contributed by atoms with van der Waals surface area (Å²) in [7, 11) is -1.75. The number of piperidine rings is 1. The largest absolute Gasteiger partial charge is 0.486 e. The Bertz CT molecular complexity index is 1410. The predicted molar refractivity (Wildman–Crippen MR) is 130 cm³/mol. The molecule has 0 aliphatic carbocycles. The number of fused-ring (bicyclic) bond motifs is 2. The summed E-state index contributed by atoms with van der Waals surface area (Å²) in [6.45, 7) is 6.20.